The molecule has 20 heavy (non-hydrogen) atoms. The van der Waals surface area contributed by atoms with Crippen molar-refractivity contribution in [2.24, 2.45) is 5.73 Å². The minimum atomic E-state index is 0.368. The van der Waals surface area contributed by atoms with E-state index in [1.165, 1.54) is 0 Å². The zero-order chi connectivity index (χ0) is 14.8. The van der Waals surface area contributed by atoms with Crippen molar-refractivity contribution in [1.29, 1.82) is 0 Å². The summed E-state index contributed by atoms with van der Waals surface area (Å²) in [5.41, 5.74) is 6.29. The fourth-order valence-electron chi connectivity index (χ4n) is 1.71. The highest BCUT2D eigenvalue weighted by Crippen LogP contribution is 2.12. The number of likely N-dealkylation sites (N-methyl/N-ethyl adjacent to an activating group) is 1. The first kappa shape index (κ1) is 16.5. The third-order valence-corrected chi connectivity index (χ3v) is 3.04. The number of rotatable bonds is 7. The first-order chi connectivity index (χ1) is 9.67. The number of nitrogens with zero attached hydrogens (tertiary/aromatic N) is 1. The highest BCUT2D eigenvalue weighted by molar-refractivity contribution is 5.39. The summed E-state index contributed by atoms with van der Waals surface area (Å²) in [6, 6.07) is 8.13. The van der Waals surface area contributed by atoms with E-state index in [-0.39, 0.29) is 0 Å². The Morgan fingerprint density at radius 2 is 2.20 bits per heavy atom. The third-order valence-electron chi connectivity index (χ3n) is 3.04. The monoisotopic (exact) mass is 276 g/mol. The second kappa shape index (κ2) is 9.38. The van der Waals surface area contributed by atoms with Crippen molar-refractivity contribution in [3.05, 3.63) is 29.8 Å². The summed E-state index contributed by atoms with van der Waals surface area (Å²) in [5.74, 6) is 6.67. The summed E-state index contributed by atoms with van der Waals surface area (Å²) in [4.78, 5) is 2.21. The van der Waals surface area contributed by atoms with Crippen LogP contribution in [-0.4, -0.2) is 51.4 Å². The maximum absolute atomic E-state index is 5.74. The van der Waals surface area contributed by atoms with Gasteiger partial charge in [0.1, 0.15) is 12.4 Å². The molecule has 1 aromatic carbocycles. The largest absolute Gasteiger partial charge is 0.492 e. The van der Waals surface area contributed by atoms with Crippen molar-refractivity contribution in [1.82, 2.24) is 4.90 Å². The molecule has 0 spiro atoms. The van der Waals surface area contributed by atoms with E-state index in [0.29, 0.717) is 19.2 Å². The summed E-state index contributed by atoms with van der Waals surface area (Å²) in [7, 11) is 3.78. The highest BCUT2D eigenvalue weighted by atomic mass is 16.5. The number of nitrogens with two attached hydrogens (primary N) is 1. The van der Waals surface area contributed by atoms with Gasteiger partial charge in [0.25, 0.3) is 0 Å². The van der Waals surface area contributed by atoms with Crippen LogP contribution in [0.4, 0.5) is 0 Å². The summed E-state index contributed by atoms with van der Waals surface area (Å²) in [6.07, 6.45) is 0. The molecule has 110 valence electrons. The molecular weight excluding hydrogens is 252 g/mol. The van der Waals surface area contributed by atoms with E-state index in [0.717, 1.165) is 24.5 Å². The zero-order valence-electron chi connectivity index (χ0n) is 12.6. The van der Waals surface area contributed by atoms with E-state index >= 15 is 0 Å². The molecule has 0 saturated carbocycles. The Morgan fingerprint density at radius 1 is 1.40 bits per heavy atom. The van der Waals surface area contributed by atoms with Gasteiger partial charge in [0.2, 0.25) is 0 Å². The van der Waals surface area contributed by atoms with Crippen molar-refractivity contribution in [2.75, 3.05) is 40.5 Å². The van der Waals surface area contributed by atoms with Gasteiger partial charge in [-0.15, -0.1) is 0 Å². The van der Waals surface area contributed by atoms with Gasteiger partial charge >= 0.3 is 0 Å². The fourth-order valence-corrected chi connectivity index (χ4v) is 1.71. The molecule has 1 rings (SSSR count). The number of ether oxygens (including phenoxy) is 2. The van der Waals surface area contributed by atoms with Crippen LogP contribution in [0.25, 0.3) is 0 Å². The van der Waals surface area contributed by atoms with Gasteiger partial charge in [0.15, 0.2) is 0 Å². The molecule has 0 fully saturated rings. The van der Waals surface area contributed by atoms with E-state index < -0.39 is 0 Å². The Labute approximate surface area is 121 Å². The van der Waals surface area contributed by atoms with E-state index in [2.05, 4.69) is 30.7 Å². The van der Waals surface area contributed by atoms with Crippen LogP contribution in [0.2, 0.25) is 0 Å². The van der Waals surface area contributed by atoms with Crippen LogP contribution < -0.4 is 10.5 Å². The SMILES string of the molecule is COCC(C)N(C)CCOc1cccc(C#CCN)c1. The van der Waals surface area contributed by atoms with Crippen LogP contribution >= 0.6 is 0 Å². The minimum absolute atomic E-state index is 0.368. The first-order valence-electron chi connectivity index (χ1n) is 6.78. The summed E-state index contributed by atoms with van der Waals surface area (Å²) in [6.45, 7) is 4.71. The zero-order valence-corrected chi connectivity index (χ0v) is 12.6. The predicted octanol–water partition coefficient (Wildman–Crippen LogP) is 1.34. The Morgan fingerprint density at radius 3 is 2.90 bits per heavy atom. The van der Waals surface area contributed by atoms with Crippen LogP contribution in [0, 0.1) is 11.8 Å². The molecule has 0 aliphatic rings. The lowest BCUT2D eigenvalue weighted by Gasteiger charge is -2.23. The molecule has 2 N–H and O–H groups in total. The number of hydrogen-bond donors (Lipinski definition) is 1. The van der Waals surface area contributed by atoms with Gasteiger partial charge in [0.05, 0.1) is 13.2 Å². The second-order valence-electron chi connectivity index (χ2n) is 4.67. The Bertz CT molecular complexity index is 451. The Hall–Kier alpha value is -1.54. The molecule has 1 atom stereocenters. The van der Waals surface area contributed by atoms with Crippen molar-refractivity contribution in [2.45, 2.75) is 13.0 Å². The van der Waals surface area contributed by atoms with Crippen LogP contribution in [0.3, 0.4) is 0 Å². The molecule has 4 heteroatoms. The van der Waals surface area contributed by atoms with Gasteiger partial charge in [-0.25, -0.2) is 0 Å². The van der Waals surface area contributed by atoms with Gasteiger partial charge in [0, 0.05) is 25.3 Å². The van der Waals surface area contributed by atoms with Gasteiger partial charge in [-0.3, -0.25) is 4.90 Å². The maximum Gasteiger partial charge on any atom is 0.120 e. The smallest absolute Gasteiger partial charge is 0.120 e. The molecule has 1 unspecified atom stereocenters. The summed E-state index contributed by atoms with van der Waals surface area (Å²) in [5, 5.41) is 0. The van der Waals surface area contributed by atoms with Gasteiger partial charge in [-0.05, 0) is 32.2 Å². The third kappa shape index (κ3) is 6.07. The fraction of sp³-hybridized carbons (Fsp3) is 0.500. The van der Waals surface area contributed by atoms with Crippen LogP contribution in [0.5, 0.6) is 5.75 Å². The standard InChI is InChI=1S/C16H24N2O2/c1-14(13-19-3)18(2)10-11-20-16-8-4-6-15(12-16)7-5-9-17/h4,6,8,12,14H,9-11,13,17H2,1-3H3. The van der Waals surface area contributed by atoms with E-state index in [4.69, 9.17) is 15.2 Å². The Balaban J connectivity index is 2.42. The van der Waals surface area contributed by atoms with Crippen LogP contribution in [0.15, 0.2) is 24.3 Å². The van der Waals surface area contributed by atoms with Crippen molar-refractivity contribution in [3.63, 3.8) is 0 Å². The molecule has 0 heterocycles. The lowest BCUT2D eigenvalue weighted by atomic mass is 10.2. The van der Waals surface area contributed by atoms with Crippen LogP contribution in [0.1, 0.15) is 12.5 Å². The predicted molar refractivity (Wildman–Crippen MR) is 81.8 cm³/mol. The van der Waals surface area contributed by atoms with Crippen LogP contribution in [-0.2, 0) is 4.74 Å². The van der Waals surface area contributed by atoms with E-state index in [1.54, 1.807) is 7.11 Å². The molecule has 4 nitrogen and oxygen atoms in total. The molecule has 0 aromatic heterocycles. The second-order valence-corrected chi connectivity index (χ2v) is 4.67. The molecule has 0 aliphatic carbocycles. The number of methoxy groups -OCH3 is 1. The van der Waals surface area contributed by atoms with Crippen molar-refractivity contribution < 1.29 is 9.47 Å². The lowest BCUT2D eigenvalue weighted by Crippen LogP contribution is -2.35. The lowest BCUT2D eigenvalue weighted by molar-refractivity contribution is 0.105. The maximum atomic E-state index is 5.74. The molecule has 0 amide bonds. The molecule has 0 radical (unpaired) electrons. The van der Waals surface area contributed by atoms with Crippen molar-refractivity contribution in [3.8, 4) is 17.6 Å². The normalized spacial score (nSPS) is 11.8. The first-order valence-corrected chi connectivity index (χ1v) is 6.78. The molecule has 0 bridgehead atoms. The van der Waals surface area contributed by atoms with Gasteiger partial charge in [-0.1, -0.05) is 17.9 Å². The number of benzene rings is 1. The molecule has 1 aromatic rings. The summed E-state index contributed by atoms with van der Waals surface area (Å²) < 4.78 is 10.9. The number of hydrogen-bond acceptors (Lipinski definition) is 4. The van der Waals surface area contributed by atoms with Crippen molar-refractivity contribution >= 4 is 0 Å². The highest BCUT2D eigenvalue weighted by Gasteiger charge is 2.08. The Kier molecular flexibility index (Phi) is 7.74. The molecular formula is C16H24N2O2. The van der Waals surface area contributed by atoms with E-state index in [1.807, 2.05) is 24.3 Å². The summed E-state index contributed by atoms with van der Waals surface area (Å²) >= 11 is 0. The van der Waals surface area contributed by atoms with E-state index in [9.17, 15) is 0 Å². The molecule has 0 saturated heterocycles. The van der Waals surface area contributed by atoms with Gasteiger partial charge < -0.3 is 15.2 Å². The minimum Gasteiger partial charge on any atom is -0.492 e. The quantitative estimate of drug-likeness (QED) is 0.764. The topological polar surface area (TPSA) is 47.7 Å². The molecule has 0 aliphatic heterocycles. The average Bonchev–Trinajstić information content (AvgIpc) is 2.45. The average molecular weight is 276 g/mol. The van der Waals surface area contributed by atoms with Gasteiger partial charge in [-0.2, -0.15) is 0 Å².